The van der Waals surface area contributed by atoms with Crippen LogP contribution in [0.1, 0.15) is 25.0 Å². The van der Waals surface area contributed by atoms with Gasteiger partial charge in [0.2, 0.25) is 0 Å². The van der Waals surface area contributed by atoms with E-state index >= 15 is 0 Å². The van der Waals surface area contributed by atoms with Gasteiger partial charge in [0.1, 0.15) is 5.75 Å². The molecule has 100 valence electrons. The zero-order valence-electron chi connectivity index (χ0n) is 11.1. The first-order valence-corrected chi connectivity index (χ1v) is 6.44. The molecule has 2 rings (SSSR count). The maximum absolute atomic E-state index is 10.1. The van der Waals surface area contributed by atoms with Gasteiger partial charge in [-0.3, -0.25) is 0 Å². The summed E-state index contributed by atoms with van der Waals surface area (Å²) in [5, 5.41) is 29.7. The summed E-state index contributed by atoms with van der Waals surface area (Å²) in [6.07, 6.45) is 1.45. The summed E-state index contributed by atoms with van der Waals surface area (Å²) in [7, 11) is 0. The van der Waals surface area contributed by atoms with Crippen molar-refractivity contribution in [2.24, 2.45) is 0 Å². The Hall–Kier alpha value is -2.16. The fourth-order valence-electron chi connectivity index (χ4n) is 2.28. The summed E-state index contributed by atoms with van der Waals surface area (Å²) < 4.78 is 0. The van der Waals surface area contributed by atoms with Crippen LogP contribution < -0.4 is 0 Å². The molecule has 0 bridgehead atoms. The number of aromatic hydroxyl groups is 3. The van der Waals surface area contributed by atoms with Crippen molar-refractivity contribution in [3.8, 4) is 28.4 Å². The van der Waals surface area contributed by atoms with Gasteiger partial charge < -0.3 is 15.3 Å². The van der Waals surface area contributed by atoms with Crippen LogP contribution in [0.5, 0.6) is 17.2 Å². The van der Waals surface area contributed by atoms with Gasteiger partial charge >= 0.3 is 0 Å². The average molecular weight is 258 g/mol. The third-order valence-electron chi connectivity index (χ3n) is 3.35. The average Bonchev–Trinajstić information content (AvgIpc) is 2.41. The lowest BCUT2D eigenvalue weighted by Gasteiger charge is -2.14. The second-order valence-electron chi connectivity index (χ2n) is 4.52. The number of benzene rings is 2. The highest BCUT2D eigenvalue weighted by Crippen LogP contribution is 2.40. The molecule has 2 aromatic rings. The summed E-state index contributed by atoms with van der Waals surface area (Å²) in [6.45, 7) is 3.95. The van der Waals surface area contributed by atoms with Crippen molar-refractivity contribution in [2.45, 2.75) is 26.7 Å². The maximum atomic E-state index is 10.1. The third kappa shape index (κ3) is 2.36. The number of phenols is 3. The molecule has 0 aliphatic rings. The zero-order chi connectivity index (χ0) is 14.0. The number of phenolic OH excluding ortho intramolecular Hbond substituents is 3. The smallest absolute Gasteiger partial charge is 0.165 e. The van der Waals surface area contributed by atoms with Crippen molar-refractivity contribution < 1.29 is 15.3 Å². The summed E-state index contributed by atoms with van der Waals surface area (Å²) in [5.74, 6) is -0.0645. The molecule has 0 atom stereocenters. The highest BCUT2D eigenvalue weighted by molar-refractivity contribution is 5.77. The zero-order valence-corrected chi connectivity index (χ0v) is 11.1. The van der Waals surface area contributed by atoms with Crippen LogP contribution in [0.25, 0.3) is 11.1 Å². The van der Waals surface area contributed by atoms with Crippen LogP contribution in [0, 0.1) is 0 Å². The van der Waals surface area contributed by atoms with E-state index in [4.69, 9.17) is 0 Å². The highest BCUT2D eigenvalue weighted by Gasteiger charge is 2.15. The van der Waals surface area contributed by atoms with Crippen LogP contribution >= 0.6 is 0 Å². The van der Waals surface area contributed by atoms with Gasteiger partial charge in [0, 0.05) is 11.1 Å². The van der Waals surface area contributed by atoms with E-state index in [2.05, 4.69) is 0 Å². The third-order valence-corrected chi connectivity index (χ3v) is 3.35. The van der Waals surface area contributed by atoms with E-state index in [1.54, 1.807) is 18.2 Å². The van der Waals surface area contributed by atoms with Crippen molar-refractivity contribution in [1.82, 2.24) is 0 Å². The van der Waals surface area contributed by atoms with Gasteiger partial charge in [0.25, 0.3) is 0 Å². The predicted octanol–water partition coefficient (Wildman–Crippen LogP) is 3.60. The molecule has 0 saturated heterocycles. The molecule has 0 radical (unpaired) electrons. The Bertz CT molecular complexity index is 603. The van der Waals surface area contributed by atoms with E-state index in [1.807, 2.05) is 19.9 Å². The molecule has 3 nitrogen and oxygen atoms in total. The first-order chi connectivity index (χ1) is 9.08. The lowest BCUT2D eigenvalue weighted by atomic mass is 9.93. The van der Waals surface area contributed by atoms with Gasteiger partial charge in [-0.1, -0.05) is 32.0 Å². The quantitative estimate of drug-likeness (QED) is 0.737. The van der Waals surface area contributed by atoms with Crippen molar-refractivity contribution in [1.29, 1.82) is 0 Å². The topological polar surface area (TPSA) is 60.7 Å². The molecule has 0 fully saturated rings. The van der Waals surface area contributed by atoms with Crippen molar-refractivity contribution in [2.75, 3.05) is 0 Å². The van der Waals surface area contributed by atoms with Gasteiger partial charge in [-0.15, -0.1) is 0 Å². The molecule has 0 spiro atoms. The molecule has 0 amide bonds. The molecule has 19 heavy (non-hydrogen) atoms. The Balaban J connectivity index is 2.73. The van der Waals surface area contributed by atoms with Gasteiger partial charge in [0.15, 0.2) is 11.5 Å². The molecule has 0 saturated carbocycles. The molecule has 0 aliphatic heterocycles. The molecule has 3 N–H and O–H groups in total. The molecular formula is C16H18O3. The van der Waals surface area contributed by atoms with E-state index < -0.39 is 0 Å². The molecular weight excluding hydrogens is 240 g/mol. The predicted molar refractivity (Wildman–Crippen MR) is 75.6 cm³/mol. The Labute approximate surface area is 112 Å². The Morgan fingerprint density at radius 1 is 0.842 bits per heavy atom. The highest BCUT2D eigenvalue weighted by atomic mass is 16.3. The maximum Gasteiger partial charge on any atom is 0.165 e. The number of para-hydroxylation sites is 1. The van der Waals surface area contributed by atoms with Crippen LogP contribution in [-0.2, 0) is 12.8 Å². The number of aryl methyl sites for hydroxylation is 1. The minimum atomic E-state index is -0.152. The van der Waals surface area contributed by atoms with Crippen LogP contribution in [0.4, 0.5) is 0 Å². The summed E-state index contributed by atoms with van der Waals surface area (Å²) in [6, 6.07) is 8.56. The normalized spacial score (nSPS) is 10.6. The molecule has 0 aliphatic carbocycles. The number of hydrogen-bond donors (Lipinski definition) is 3. The van der Waals surface area contributed by atoms with Gasteiger partial charge in [-0.2, -0.15) is 0 Å². The van der Waals surface area contributed by atoms with E-state index in [-0.39, 0.29) is 17.2 Å². The molecule has 3 heteroatoms. The largest absolute Gasteiger partial charge is 0.508 e. The van der Waals surface area contributed by atoms with Gasteiger partial charge in [-0.25, -0.2) is 0 Å². The Morgan fingerprint density at radius 2 is 1.58 bits per heavy atom. The standard InChI is InChI=1S/C16H18O3/c1-3-10-8-13(11(4-2)15(18)9-10)12-6-5-7-14(17)16(12)19/h5-9,17-19H,3-4H2,1-2H3. The van der Waals surface area contributed by atoms with E-state index in [0.717, 1.165) is 23.1 Å². The number of hydrogen-bond acceptors (Lipinski definition) is 3. The van der Waals surface area contributed by atoms with E-state index in [1.165, 1.54) is 6.07 Å². The minimum absolute atomic E-state index is 0.148. The van der Waals surface area contributed by atoms with Crippen molar-refractivity contribution in [3.05, 3.63) is 41.5 Å². The summed E-state index contributed by atoms with van der Waals surface area (Å²) in [5.41, 5.74) is 3.08. The van der Waals surface area contributed by atoms with Gasteiger partial charge in [-0.05, 0) is 36.1 Å². The lowest BCUT2D eigenvalue weighted by molar-refractivity contribution is 0.405. The van der Waals surface area contributed by atoms with E-state index in [0.29, 0.717) is 12.0 Å². The number of rotatable bonds is 3. The van der Waals surface area contributed by atoms with Crippen molar-refractivity contribution >= 4 is 0 Å². The SMILES string of the molecule is CCc1cc(O)c(CC)c(-c2cccc(O)c2O)c1. The Morgan fingerprint density at radius 3 is 2.21 bits per heavy atom. The van der Waals surface area contributed by atoms with Crippen LogP contribution in [-0.4, -0.2) is 15.3 Å². The first-order valence-electron chi connectivity index (χ1n) is 6.44. The fraction of sp³-hybridized carbons (Fsp3) is 0.250. The summed E-state index contributed by atoms with van der Waals surface area (Å²) >= 11 is 0. The van der Waals surface area contributed by atoms with Crippen LogP contribution in [0.3, 0.4) is 0 Å². The fourth-order valence-corrected chi connectivity index (χ4v) is 2.28. The second kappa shape index (κ2) is 5.22. The van der Waals surface area contributed by atoms with Gasteiger partial charge in [0.05, 0.1) is 0 Å². The van der Waals surface area contributed by atoms with Crippen LogP contribution in [0.15, 0.2) is 30.3 Å². The van der Waals surface area contributed by atoms with E-state index in [9.17, 15) is 15.3 Å². The molecule has 2 aromatic carbocycles. The first kappa shape index (κ1) is 13.3. The Kier molecular flexibility index (Phi) is 3.65. The van der Waals surface area contributed by atoms with Crippen LogP contribution in [0.2, 0.25) is 0 Å². The van der Waals surface area contributed by atoms with Crippen molar-refractivity contribution in [3.63, 3.8) is 0 Å². The minimum Gasteiger partial charge on any atom is -0.508 e. The summed E-state index contributed by atoms with van der Waals surface area (Å²) in [4.78, 5) is 0. The second-order valence-corrected chi connectivity index (χ2v) is 4.52. The molecule has 0 aromatic heterocycles. The monoisotopic (exact) mass is 258 g/mol. The molecule has 0 heterocycles. The lowest BCUT2D eigenvalue weighted by Crippen LogP contribution is -1.93. The molecule has 0 unspecified atom stereocenters.